The molecule has 0 spiro atoms. The van der Waals surface area contributed by atoms with Crippen LogP contribution in [0.15, 0.2) is 59.6 Å². The Morgan fingerprint density at radius 3 is 2.44 bits per heavy atom. The van der Waals surface area contributed by atoms with Crippen LogP contribution in [0.2, 0.25) is 0 Å². The fourth-order valence-electron chi connectivity index (χ4n) is 2.72. The molecule has 0 bridgehead atoms. The maximum atomic E-state index is 13.0. The van der Waals surface area contributed by atoms with Gasteiger partial charge in [0.1, 0.15) is 5.75 Å². The molecule has 0 radical (unpaired) electrons. The van der Waals surface area contributed by atoms with Crippen molar-refractivity contribution in [2.45, 2.75) is 17.7 Å². The van der Waals surface area contributed by atoms with Crippen molar-refractivity contribution in [3.05, 3.63) is 60.3 Å². The first-order valence-electron chi connectivity index (χ1n) is 7.64. The molecule has 1 N–H and O–H groups in total. The van der Waals surface area contributed by atoms with Gasteiger partial charge in [0.05, 0.1) is 17.5 Å². The largest absolute Gasteiger partial charge is 0.497 e. The molecule has 7 heteroatoms. The zero-order valence-electron chi connectivity index (χ0n) is 13.5. The van der Waals surface area contributed by atoms with E-state index in [1.54, 1.807) is 36.4 Å². The summed E-state index contributed by atoms with van der Waals surface area (Å²) in [5.74, 6) is -0.353. The third-order valence-corrected chi connectivity index (χ3v) is 5.67. The van der Waals surface area contributed by atoms with Gasteiger partial charge in [-0.25, -0.2) is 12.4 Å². The summed E-state index contributed by atoms with van der Waals surface area (Å²) in [5.41, 5.74) is 1.22. The van der Waals surface area contributed by atoms with Crippen LogP contribution >= 0.6 is 0 Å². The fourth-order valence-corrected chi connectivity index (χ4v) is 4.11. The Hall–Kier alpha value is -2.80. The second kappa shape index (κ2) is 6.60. The number of ether oxygens (including phenoxy) is 1. The SMILES string of the molecule is COc1ccc(S(=O)(=O)n2cc(CCC(=O)O)c3ccccc32)cc1. The normalized spacial score (nSPS) is 11.6. The summed E-state index contributed by atoms with van der Waals surface area (Å²) in [4.78, 5) is 11.0. The van der Waals surface area contributed by atoms with Gasteiger partial charge >= 0.3 is 5.97 Å². The molecule has 0 amide bonds. The highest BCUT2D eigenvalue weighted by molar-refractivity contribution is 7.90. The van der Waals surface area contributed by atoms with Crippen molar-refractivity contribution in [1.29, 1.82) is 0 Å². The number of carboxylic acid groups (broad SMARTS) is 1. The molecule has 0 saturated carbocycles. The number of hydrogen-bond donors (Lipinski definition) is 1. The van der Waals surface area contributed by atoms with Crippen LogP contribution in [0, 0.1) is 0 Å². The molecule has 0 atom stereocenters. The lowest BCUT2D eigenvalue weighted by Gasteiger charge is -2.08. The number of aliphatic carboxylic acids is 1. The molecule has 0 aliphatic rings. The fraction of sp³-hybridized carbons (Fsp3) is 0.167. The standard InChI is InChI=1S/C18H17NO5S/c1-24-14-7-9-15(10-8-14)25(22,23)19-12-13(6-11-18(20)21)16-4-2-3-5-17(16)19/h2-5,7-10,12H,6,11H2,1H3,(H,20,21). The first-order chi connectivity index (χ1) is 11.9. The summed E-state index contributed by atoms with van der Waals surface area (Å²) in [6.45, 7) is 0. The van der Waals surface area contributed by atoms with Crippen molar-refractivity contribution in [3.8, 4) is 5.75 Å². The number of para-hydroxylation sites is 1. The van der Waals surface area contributed by atoms with E-state index in [1.165, 1.54) is 29.4 Å². The van der Waals surface area contributed by atoms with Crippen LogP contribution in [0.3, 0.4) is 0 Å². The maximum Gasteiger partial charge on any atom is 0.303 e. The molecule has 3 rings (SSSR count). The monoisotopic (exact) mass is 359 g/mol. The average Bonchev–Trinajstić information content (AvgIpc) is 2.99. The number of carbonyl (C=O) groups is 1. The van der Waals surface area contributed by atoms with E-state index in [9.17, 15) is 13.2 Å². The number of carboxylic acids is 1. The molecule has 0 aliphatic heterocycles. The number of hydrogen-bond acceptors (Lipinski definition) is 4. The van der Waals surface area contributed by atoms with Crippen molar-refractivity contribution in [1.82, 2.24) is 3.97 Å². The molecular weight excluding hydrogens is 342 g/mol. The Morgan fingerprint density at radius 2 is 1.80 bits per heavy atom. The minimum atomic E-state index is -3.79. The average molecular weight is 359 g/mol. The Balaban J connectivity index is 2.11. The van der Waals surface area contributed by atoms with Gasteiger partial charge < -0.3 is 9.84 Å². The zero-order valence-corrected chi connectivity index (χ0v) is 14.4. The summed E-state index contributed by atoms with van der Waals surface area (Å²) in [7, 11) is -2.28. The highest BCUT2D eigenvalue weighted by atomic mass is 32.2. The van der Waals surface area contributed by atoms with Crippen LogP contribution in [0.4, 0.5) is 0 Å². The smallest absolute Gasteiger partial charge is 0.303 e. The van der Waals surface area contributed by atoms with E-state index in [1.807, 2.05) is 0 Å². The van der Waals surface area contributed by atoms with Crippen LogP contribution in [0.1, 0.15) is 12.0 Å². The lowest BCUT2D eigenvalue weighted by atomic mass is 10.1. The van der Waals surface area contributed by atoms with E-state index >= 15 is 0 Å². The van der Waals surface area contributed by atoms with E-state index < -0.39 is 16.0 Å². The van der Waals surface area contributed by atoms with Crippen LogP contribution in [-0.4, -0.2) is 30.6 Å². The number of aromatic nitrogens is 1. The first kappa shape index (κ1) is 17.0. The molecule has 0 saturated heterocycles. The Labute approximate surface area is 145 Å². The van der Waals surface area contributed by atoms with Crippen molar-refractivity contribution in [3.63, 3.8) is 0 Å². The van der Waals surface area contributed by atoms with Crippen molar-refractivity contribution >= 4 is 26.9 Å². The van der Waals surface area contributed by atoms with Gasteiger partial charge in [0, 0.05) is 18.0 Å². The molecule has 2 aromatic carbocycles. The van der Waals surface area contributed by atoms with Gasteiger partial charge in [-0.15, -0.1) is 0 Å². The quantitative estimate of drug-likeness (QED) is 0.731. The molecule has 6 nitrogen and oxygen atoms in total. The predicted molar refractivity (Wildman–Crippen MR) is 93.5 cm³/mol. The zero-order chi connectivity index (χ0) is 18.0. The molecule has 3 aromatic rings. The summed E-state index contributed by atoms with van der Waals surface area (Å²) in [6, 6.07) is 13.2. The van der Waals surface area contributed by atoms with Gasteiger partial charge in [-0.05, 0) is 42.3 Å². The van der Waals surface area contributed by atoms with E-state index in [-0.39, 0.29) is 17.7 Å². The summed E-state index contributed by atoms with van der Waals surface area (Å²) in [6.07, 6.45) is 1.71. The Bertz CT molecular complexity index is 1020. The van der Waals surface area contributed by atoms with Gasteiger partial charge in [-0.1, -0.05) is 18.2 Å². The molecule has 1 heterocycles. The molecule has 25 heavy (non-hydrogen) atoms. The lowest BCUT2D eigenvalue weighted by molar-refractivity contribution is -0.136. The lowest BCUT2D eigenvalue weighted by Crippen LogP contribution is -2.11. The van der Waals surface area contributed by atoms with Gasteiger partial charge in [0.2, 0.25) is 0 Å². The van der Waals surface area contributed by atoms with E-state index in [0.29, 0.717) is 16.8 Å². The molecule has 130 valence electrons. The molecular formula is C18H17NO5S. The minimum Gasteiger partial charge on any atom is -0.497 e. The highest BCUT2D eigenvalue weighted by Gasteiger charge is 2.21. The van der Waals surface area contributed by atoms with Crippen LogP contribution in [-0.2, 0) is 21.2 Å². The third-order valence-electron chi connectivity index (χ3n) is 3.98. The minimum absolute atomic E-state index is 0.0589. The van der Waals surface area contributed by atoms with Crippen LogP contribution in [0.5, 0.6) is 5.75 Å². The number of rotatable bonds is 6. The number of methoxy groups -OCH3 is 1. The van der Waals surface area contributed by atoms with E-state index in [2.05, 4.69) is 0 Å². The predicted octanol–water partition coefficient (Wildman–Crippen LogP) is 2.90. The Kier molecular flexibility index (Phi) is 4.50. The molecule has 0 aliphatic carbocycles. The van der Waals surface area contributed by atoms with Crippen molar-refractivity contribution < 1.29 is 23.1 Å². The topological polar surface area (TPSA) is 85.6 Å². The number of aryl methyl sites for hydroxylation is 1. The second-order valence-electron chi connectivity index (χ2n) is 5.54. The van der Waals surface area contributed by atoms with Crippen molar-refractivity contribution in [2.75, 3.05) is 7.11 Å². The Morgan fingerprint density at radius 1 is 1.12 bits per heavy atom. The highest BCUT2D eigenvalue weighted by Crippen LogP contribution is 2.27. The molecule has 1 aromatic heterocycles. The summed E-state index contributed by atoms with van der Waals surface area (Å²) < 4.78 is 32.3. The van der Waals surface area contributed by atoms with E-state index in [0.717, 1.165) is 5.39 Å². The number of nitrogens with zero attached hydrogens (tertiary/aromatic N) is 1. The van der Waals surface area contributed by atoms with Crippen LogP contribution in [0.25, 0.3) is 10.9 Å². The number of benzene rings is 2. The van der Waals surface area contributed by atoms with Gasteiger partial charge in [-0.3, -0.25) is 4.79 Å². The molecule has 0 unspecified atom stereocenters. The van der Waals surface area contributed by atoms with E-state index in [4.69, 9.17) is 9.84 Å². The molecule has 0 fully saturated rings. The second-order valence-corrected chi connectivity index (χ2v) is 7.36. The van der Waals surface area contributed by atoms with Gasteiger partial charge in [0.25, 0.3) is 10.0 Å². The summed E-state index contributed by atoms with van der Waals surface area (Å²) in [5, 5.41) is 9.64. The summed E-state index contributed by atoms with van der Waals surface area (Å²) >= 11 is 0. The van der Waals surface area contributed by atoms with Gasteiger partial charge in [-0.2, -0.15) is 0 Å². The third kappa shape index (κ3) is 3.23. The van der Waals surface area contributed by atoms with Crippen LogP contribution < -0.4 is 4.74 Å². The maximum absolute atomic E-state index is 13.0. The van der Waals surface area contributed by atoms with Crippen molar-refractivity contribution in [2.24, 2.45) is 0 Å². The van der Waals surface area contributed by atoms with Gasteiger partial charge in [0.15, 0.2) is 0 Å². The first-order valence-corrected chi connectivity index (χ1v) is 9.08. The number of fused-ring (bicyclic) bond motifs is 1.